The molecule has 0 N–H and O–H groups in total. The van der Waals surface area contributed by atoms with E-state index in [0.717, 1.165) is 11.1 Å². The van der Waals surface area contributed by atoms with Gasteiger partial charge in [-0.05, 0) is 37.1 Å². The Morgan fingerprint density at radius 3 is 1.50 bits per heavy atom. The zero-order valence-corrected chi connectivity index (χ0v) is 11.0. The monoisotopic (exact) mass is 338 g/mol. The Morgan fingerprint density at radius 2 is 1.25 bits per heavy atom. The summed E-state index contributed by atoms with van der Waals surface area (Å²) in [6.45, 7) is 7.77. The van der Waals surface area contributed by atoms with Crippen LogP contribution < -0.4 is 0 Å². The van der Waals surface area contributed by atoms with Crippen molar-refractivity contribution in [2.75, 3.05) is 0 Å². The summed E-state index contributed by atoms with van der Waals surface area (Å²) in [7, 11) is 0. The number of aryl methyl sites for hydroxylation is 2. The van der Waals surface area contributed by atoms with E-state index in [2.05, 4.69) is 0 Å². The fourth-order valence-electron chi connectivity index (χ4n) is 0.919. The van der Waals surface area contributed by atoms with Gasteiger partial charge in [0, 0.05) is 21.1 Å². The number of benzene rings is 1. The first-order chi connectivity index (χ1) is 5.18. The van der Waals surface area contributed by atoms with Crippen molar-refractivity contribution >= 4 is 0 Å². The maximum Gasteiger partial charge on any atom is 0.123 e. The summed E-state index contributed by atoms with van der Waals surface area (Å²) in [4.78, 5) is 0. The maximum atomic E-state index is 12.4. The van der Waals surface area contributed by atoms with Gasteiger partial charge in [0.15, 0.2) is 0 Å². The summed E-state index contributed by atoms with van der Waals surface area (Å²) in [6.07, 6.45) is 0. The molecule has 0 amide bonds. The van der Waals surface area contributed by atoms with E-state index < -0.39 is 0 Å². The summed E-state index contributed by atoms with van der Waals surface area (Å²) in [5.74, 6) is -0.146. The van der Waals surface area contributed by atoms with Gasteiger partial charge in [-0.1, -0.05) is 19.9 Å². The molecule has 68 valence electrons. The molecule has 0 aliphatic rings. The van der Waals surface area contributed by atoms with Gasteiger partial charge in [0.05, 0.1) is 0 Å². The van der Waals surface area contributed by atoms with Crippen LogP contribution in [0.2, 0.25) is 0 Å². The number of halogens is 1. The molecule has 0 fully saturated rings. The van der Waals surface area contributed by atoms with E-state index >= 15 is 0 Å². The minimum Gasteiger partial charge on any atom is -0.207 e. The molecule has 0 heterocycles. The standard InChI is InChI=1S/C8H9F.C2H6.W/c1-6-3-7(2)5-8(9)4-6;1-2;/h3-5H,1-2H3;1-2H3;. The second-order valence-electron chi connectivity index (χ2n) is 2.31. The van der Waals surface area contributed by atoms with Gasteiger partial charge < -0.3 is 0 Å². The molecule has 1 aromatic carbocycles. The zero-order chi connectivity index (χ0) is 8.85. The van der Waals surface area contributed by atoms with Crippen LogP contribution in [0.15, 0.2) is 18.2 Å². The summed E-state index contributed by atoms with van der Waals surface area (Å²) in [6, 6.07) is 4.99. The summed E-state index contributed by atoms with van der Waals surface area (Å²) >= 11 is 0. The van der Waals surface area contributed by atoms with Crippen LogP contribution in [0.3, 0.4) is 0 Å². The van der Waals surface area contributed by atoms with Crippen LogP contribution in [0.4, 0.5) is 4.39 Å². The molecule has 0 bridgehead atoms. The van der Waals surface area contributed by atoms with E-state index in [-0.39, 0.29) is 26.9 Å². The Kier molecular flexibility index (Phi) is 8.96. The molecule has 0 aliphatic heterocycles. The van der Waals surface area contributed by atoms with Gasteiger partial charge in [0.1, 0.15) is 5.82 Å². The molecule has 0 spiro atoms. The van der Waals surface area contributed by atoms with Crippen molar-refractivity contribution in [2.24, 2.45) is 0 Å². The minimum absolute atomic E-state index is 0. The Hall–Kier alpha value is -0.162. The Labute approximate surface area is 88.5 Å². The predicted molar refractivity (Wildman–Crippen MR) is 47.2 cm³/mol. The van der Waals surface area contributed by atoms with Crippen LogP contribution in [0, 0.1) is 19.7 Å². The first kappa shape index (κ1) is 14.4. The molecule has 0 atom stereocenters. The normalized spacial score (nSPS) is 7.75. The topological polar surface area (TPSA) is 0 Å². The molecule has 1 aromatic rings. The van der Waals surface area contributed by atoms with Gasteiger partial charge >= 0.3 is 0 Å². The molecule has 0 saturated carbocycles. The van der Waals surface area contributed by atoms with Gasteiger partial charge in [-0.15, -0.1) is 0 Å². The molecule has 12 heavy (non-hydrogen) atoms. The first-order valence-electron chi connectivity index (χ1n) is 3.92. The van der Waals surface area contributed by atoms with E-state index in [0.29, 0.717) is 0 Å². The fourth-order valence-corrected chi connectivity index (χ4v) is 0.919. The molecule has 0 nitrogen and oxygen atoms in total. The van der Waals surface area contributed by atoms with Crippen molar-refractivity contribution in [3.05, 3.63) is 35.1 Å². The van der Waals surface area contributed by atoms with E-state index in [1.54, 1.807) is 0 Å². The van der Waals surface area contributed by atoms with Crippen molar-refractivity contribution in [2.45, 2.75) is 27.7 Å². The van der Waals surface area contributed by atoms with Crippen LogP contribution in [-0.2, 0) is 21.1 Å². The second-order valence-corrected chi connectivity index (χ2v) is 2.31. The molecular formula is C10H15FW. The molecule has 0 aliphatic carbocycles. The van der Waals surface area contributed by atoms with Crippen molar-refractivity contribution in [3.63, 3.8) is 0 Å². The quantitative estimate of drug-likeness (QED) is 0.680. The molecular weight excluding hydrogens is 323 g/mol. The van der Waals surface area contributed by atoms with E-state index in [1.807, 2.05) is 33.8 Å². The van der Waals surface area contributed by atoms with Crippen LogP contribution in [0.5, 0.6) is 0 Å². The van der Waals surface area contributed by atoms with Gasteiger partial charge in [-0.2, -0.15) is 0 Å². The van der Waals surface area contributed by atoms with Crippen molar-refractivity contribution in [1.82, 2.24) is 0 Å². The van der Waals surface area contributed by atoms with Crippen LogP contribution in [0.1, 0.15) is 25.0 Å². The second kappa shape index (κ2) is 7.49. The average molecular weight is 338 g/mol. The van der Waals surface area contributed by atoms with Gasteiger partial charge in [0.2, 0.25) is 0 Å². The van der Waals surface area contributed by atoms with E-state index in [9.17, 15) is 4.39 Å². The Bertz CT molecular complexity index is 171. The first-order valence-corrected chi connectivity index (χ1v) is 3.92. The molecule has 2 heteroatoms. The fraction of sp³-hybridized carbons (Fsp3) is 0.400. The third-order valence-corrected chi connectivity index (χ3v) is 1.19. The summed E-state index contributed by atoms with van der Waals surface area (Å²) in [5.41, 5.74) is 1.96. The van der Waals surface area contributed by atoms with Crippen molar-refractivity contribution in [3.8, 4) is 0 Å². The average Bonchev–Trinajstić information content (AvgIpc) is 1.88. The van der Waals surface area contributed by atoms with Crippen molar-refractivity contribution in [1.29, 1.82) is 0 Å². The van der Waals surface area contributed by atoms with Gasteiger partial charge in [-0.25, -0.2) is 4.39 Å². The molecule has 0 unspecified atom stereocenters. The van der Waals surface area contributed by atoms with Crippen LogP contribution in [-0.4, -0.2) is 0 Å². The predicted octanol–water partition coefficient (Wildman–Crippen LogP) is 3.47. The largest absolute Gasteiger partial charge is 0.207 e. The third kappa shape index (κ3) is 5.48. The van der Waals surface area contributed by atoms with Gasteiger partial charge in [0.25, 0.3) is 0 Å². The van der Waals surface area contributed by atoms with Gasteiger partial charge in [-0.3, -0.25) is 0 Å². The van der Waals surface area contributed by atoms with Crippen LogP contribution >= 0.6 is 0 Å². The zero-order valence-electron chi connectivity index (χ0n) is 8.02. The minimum atomic E-state index is -0.146. The van der Waals surface area contributed by atoms with E-state index in [4.69, 9.17) is 0 Å². The number of hydrogen-bond acceptors (Lipinski definition) is 0. The van der Waals surface area contributed by atoms with Crippen LogP contribution in [0.25, 0.3) is 0 Å². The summed E-state index contributed by atoms with van der Waals surface area (Å²) in [5, 5.41) is 0. The van der Waals surface area contributed by atoms with Crippen molar-refractivity contribution < 1.29 is 25.5 Å². The van der Waals surface area contributed by atoms with E-state index in [1.165, 1.54) is 12.1 Å². The molecule has 1 rings (SSSR count). The SMILES string of the molecule is CC.Cc1cc(C)cc(F)c1.[W]. The molecule has 0 saturated heterocycles. The summed E-state index contributed by atoms with van der Waals surface area (Å²) < 4.78 is 12.4. The Balaban J connectivity index is 0. The Morgan fingerprint density at radius 1 is 0.917 bits per heavy atom. The maximum absolute atomic E-state index is 12.4. The number of hydrogen-bond donors (Lipinski definition) is 0. The molecule has 0 aromatic heterocycles. The number of rotatable bonds is 0. The molecule has 0 radical (unpaired) electrons. The smallest absolute Gasteiger partial charge is 0.123 e. The third-order valence-electron chi connectivity index (χ3n) is 1.19.